The molecule has 3 aromatic heterocycles. The first kappa shape index (κ1) is 20.1. The van der Waals surface area contributed by atoms with Crippen molar-refractivity contribution in [3.63, 3.8) is 0 Å². The topological polar surface area (TPSA) is 81.1 Å². The molecule has 0 radical (unpaired) electrons. The van der Waals surface area contributed by atoms with Gasteiger partial charge in [-0.25, -0.2) is 4.98 Å². The zero-order chi connectivity index (χ0) is 21.6. The number of aryl methyl sites for hydroxylation is 2. The molecular formula is C19H16ClF3N6O. The van der Waals surface area contributed by atoms with Crippen LogP contribution in [0.3, 0.4) is 0 Å². The first-order valence-corrected chi connectivity index (χ1v) is 9.29. The maximum atomic E-state index is 13.2. The van der Waals surface area contributed by atoms with Crippen molar-refractivity contribution >= 4 is 23.1 Å². The number of fused-ring (bicyclic) bond motifs is 1. The molecule has 4 rings (SSSR count). The van der Waals surface area contributed by atoms with Crippen LogP contribution >= 0.6 is 11.6 Å². The first-order valence-electron chi connectivity index (χ1n) is 8.91. The van der Waals surface area contributed by atoms with Crippen LogP contribution in [0.15, 0.2) is 28.7 Å². The van der Waals surface area contributed by atoms with E-state index in [-0.39, 0.29) is 18.0 Å². The average Bonchev–Trinajstić information content (AvgIpc) is 3.27. The number of nitrogens with one attached hydrogen (secondary N) is 1. The Labute approximate surface area is 173 Å². The monoisotopic (exact) mass is 436 g/mol. The quantitative estimate of drug-likeness (QED) is 0.485. The Balaban J connectivity index is 1.63. The molecule has 0 aliphatic rings. The van der Waals surface area contributed by atoms with Crippen LogP contribution in [0.2, 0.25) is 5.02 Å². The van der Waals surface area contributed by atoms with Gasteiger partial charge >= 0.3 is 6.18 Å². The number of alkyl halides is 3. The van der Waals surface area contributed by atoms with E-state index in [1.807, 2.05) is 19.1 Å². The normalized spacial score (nSPS) is 12.0. The molecular weight excluding hydrogens is 421 g/mol. The lowest BCUT2D eigenvalue weighted by Gasteiger charge is -2.11. The van der Waals surface area contributed by atoms with Crippen molar-refractivity contribution in [3.05, 3.63) is 57.8 Å². The fraction of sp³-hybridized carbons (Fsp3) is 0.263. The molecule has 4 aromatic rings. The highest BCUT2D eigenvalue weighted by Crippen LogP contribution is 2.30. The van der Waals surface area contributed by atoms with Crippen LogP contribution in [-0.2, 0) is 12.7 Å². The van der Waals surface area contributed by atoms with E-state index in [0.29, 0.717) is 38.0 Å². The van der Waals surface area contributed by atoms with E-state index in [9.17, 15) is 13.2 Å². The Hall–Kier alpha value is -3.14. The highest BCUT2D eigenvalue weighted by atomic mass is 35.5. The number of nitrogens with zero attached hydrogens (tertiary/aromatic N) is 5. The molecule has 0 bridgehead atoms. The van der Waals surface area contributed by atoms with Gasteiger partial charge in [-0.05, 0) is 50.6 Å². The molecule has 0 amide bonds. The molecule has 3 heterocycles. The Morgan fingerprint density at radius 2 is 1.77 bits per heavy atom. The predicted octanol–water partition coefficient (Wildman–Crippen LogP) is 4.99. The van der Waals surface area contributed by atoms with Gasteiger partial charge in [0.05, 0.1) is 12.2 Å². The first-order chi connectivity index (χ1) is 14.1. The number of aromatic nitrogens is 5. The van der Waals surface area contributed by atoms with Gasteiger partial charge < -0.3 is 9.73 Å². The molecule has 0 unspecified atom stereocenters. The number of halogens is 4. The van der Waals surface area contributed by atoms with Crippen molar-refractivity contribution < 1.29 is 17.6 Å². The number of hydrogen-bond acceptors (Lipinski definition) is 6. The Kier molecular flexibility index (Phi) is 4.89. The largest absolute Gasteiger partial charge is 0.453 e. The third-order valence-electron chi connectivity index (χ3n) is 4.70. The van der Waals surface area contributed by atoms with Gasteiger partial charge in [-0.1, -0.05) is 11.6 Å². The standard InChI is InChI=1S/C19H16ClF3N6O/c1-9-10(2)17-26-27-18(19(21,22)23)29(17)28-16(9)24-8-14-25-11(3)15(30-14)12-4-6-13(20)7-5-12/h4-7H,8H2,1-3H3,(H,24,28). The Bertz CT molecular complexity index is 1230. The van der Waals surface area contributed by atoms with Crippen LogP contribution in [0, 0.1) is 20.8 Å². The van der Waals surface area contributed by atoms with E-state index < -0.39 is 12.0 Å². The summed E-state index contributed by atoms with van der Waals surface area (Å²) in [6.45, 7) is 5.35. The second-order valence-corrected chi connectivity index (χ2v) is 7.17. The van der Waals surface area contributed by atoms with Gasteiger partial charge in [0.15, 0.2) is 17.2 Å². The summed E-state index contributed by atoms with van der Waals surface area (Å²) in [6, 6.07) is 7.14. The van der Waals surface area contributed by atoms with E-state index in [2.05, 4.69) is 25.6 Å². The van der Waals surface area contributed by atoms with Crippen LogP contribution in [0.4, 0.5) is 19.0 Å². The fourth-order valence-electron chi connectivity index (χ4n) is 3.03. The van der Waals surface area contributed by atoms with E-state index in [0.717, 1.165) is 5.56 Å². The zero-order valence-electron chi connectivity index (χ0n) is 16.2. The zero-order valence-corrected chi connectivity index (χ0v) is 16.9. The van der Waals surface area contributed by atoms with Gasteiger partial charge in [0.25, 0.3) is 5.82 Å². The number of hydrogen-bond donors (Lipinski definition) is 1. The second-order valence-electron chi connectivity index (χ2n) is 6.74. The lowest BCUT2D eigenvalue weighted by atomic mass is 10.1. The molecule has 0 aliphatic carbocycles. The smallest absolute Gasteiger partial charge is 0.438 e. The number of anilines is 1. The number of oxazole rings is 1. The molecule has 1 aromatic carbocycles. The lowest BCUT2D eigenvalue weighted by molar-refractivity contribution is -0.146. The minimum atomic E-state index is -4.67. The molecule has 0 saturated heterocycles. The summed E-state index contributed by atoms with van der Waals surface area (Å²) < 4.78 is 46.1. The SMILES string of the molecule is Cc1nc(CNc2nn3c(C(F)(F)F)nnc3c(C)c2C)oc1-c1ccc(Cl)cc1. The third-order valence-corrected chi connectivity index (χ3v) is 4.95. The molecule has 0 fully saturated rings. The molecule has 30 heavy (non-hydrogen) atoms. The highest BCUT2D eigenvalue weighted by Gasteiger charge is 2.38. The number of rotatable bonds is 4. The van der Waals surface area contributed by atoms with Crippen LogP contribution in [-0.4, -0.2) is 24.8 Å². The maximum Gasteiger partial charge on any atom is 0.453 e. The summed E-state index contributed by atoms with van der Waals surface area (Å²) in [5, 5.41) is 14.5. The van der Waals surface area contributed by atoms with Crippen molar-refractivity contribution in [2.24, 2.45) is 0 Å². The molecule has 0 atom stereocenters. The van der Waals surface area contributed by atoms with E-state index >= 15 is 0 Å². The van der Waals surface area contributed by atoms with Gasteiger partial charge in [0.1, 0.15) is 0 Å². The number of benzene rings is 1. The second kappa shape index (κ2) is 7.28. The third kappa shape index (κ3) is 3.58. The van der Waals surface area contributed by atoms with Crippen molar-refractivity contribution in [1.29, 1.82) is 0 Å². The Morgan fingerprint density at radius 1 is 1.07 bits per heavy atom. The van der Waals surface area contributed by atoms with Crippen molar-refractivity contribution in [2.75, 3.05) is 5.32 Å². The van der Waals surface area contributed by atoms with Crippen molar-refractivity contribution in [3.8, 4) is 11.3 Å². The predicted molar refractivity (Wildman–Crippen MR) is 104 cm³/mol. The minimum Gasteiger partial charge on any atom is -0.438 e. The van der Waals surface area contributed by atoms with Gasteiger partial charge in [0, 0.05) is 16.1 Å². The van der Waals surface area contributed by atoms with Crippen LogP contribution in [0.5, 0.6) is 0 Å². The maximum absolute atomic E-state index is 13.2. The summed E-state index contributed by atoms with van der Waals surface area (Å²) in [5.41, 5.74) is 2.76. The molecule has 0 spiro atoms. The molecule has 0 saturated carbocycles. The van der Waals surface area contributed by atoms with Gasteiger partial charge in [-0.3, -0.25) is 0 Å². The fourth-order valence-corrected chi connectivity index (χ4v) is 3.16. The summed E-state index contributed by atoms with van der Waals surface area (Å²) in [7, 11) is 0. The lowest BCUT2D eigenvalue weighted by Crippen LogP contribution is -2.15. The van der Waals surface area contributed by atoms with Crippen molar-refractivity contribution in [1.82, 2.24) is 24.8 Å². The summed E-state index contributed by atoms with van der Waals surface area (Å²) in [6.07, 6.45) is -4.67. The van der Waals surface area contributed by atoms with Crippen LogP contribution in [0.1, 0.15) is 28.5 Å². The van der Waals surface area contributed by atoms with Crippen LogP contribution < -0.4 is 5.32 Å². The molecule has 7 nitrogen and oxygen atoms in total. The van der Waals surface area contributed by atoms with Gasteiger partial charge in [-0.15, -0.1) is 15.3 Å². The summed E-state index contributed by atoms with van der Waals surface area (Å²) >= 11 is 5.92. The highest BCUT2D eigenvalue weighted by molar-refractivity contribution is 6.30. The molecule has 156 valence electrons. The molecule has 11 heteroatoms. The van der Waals surface area contributed by atoms with Crippen LogP contribution in [0.25, 0.3) is 17.0 Å². The average molecular weight is 437 g/mol. The summed E-state index contributed by atoms with van der Waals surface area (Å²) in [5.74, 6) is 0.0454. The van der Waals surface area contributed by atoms with E-state index in [1.165, 1.54) is 0 Å². The van der Waals surface area contributed by atoms with E-state index in [1.54, 1.807) is 26.0 Å². The minimum absolute atomic E-state index is 0.0577. The van der Waals surface area contributed by atoms with Crippen molar-refractivity contribution in [2.45, 2.75) is 33.5 Å². The summed E-state index contributed by atoms with van der Waals surface area (Å²) in [4.78, 5) is 4.38. The molecule has 0 aliphatic heterocycles. The Morgan fingerprint density at radius 3 is 2.43 bits per heavy atom. The van der Waals surface area contributed by atoms with Gasteiger partial charge in [-0.2, -0.15) is 17.7 Å². The van der Waals surface area contributed by atoms with Gasteiger partial charge in [0.2, 0.25) is 5.89 Å². The molecule has 1 N–H and O–H groups in total. The van der Waals surface area contributed by atoms with E-state index in [4.69, 9.17) is 16.0 Å².